The molecule has 254 valence electrons. The first kappa shape index (κ1) is 33.4. The van der Waals surface area contributed by atoms with Crippen LogP contribution in [0.4, 0.5) is 10.1 Å². The van der Waals surface area contributed by atoms with Gasteiger partial charge in [0.25, 0.3) is 11.5 Å². The number of carbonyl (C=O) groups is 1. The molecule has 11 nitrogen and oxygen atoms in total. The van der Waals surface area contributed by atoms with Crippen molar-refractivity contribution in [3.05, 3.63) is 101 Å². The lowest BCUT2D eigenvalue weighted by atomic mass is 9.99. The Balaban J connectivity index is 1.13. The lowest BCUT2D eigenvalue weighted by Gasteiger charge is -2.30. The number of pyridine rings is 1. The minimum absolute atomic E-state index is 0.0726. The Morgan fingerprint density at radius 2 is 1.71 bits per heavy atom. The summed E-state index contributed by atoms with van der Waals surface area (Å²) < 4.78 is 39.5. The maximum absolute atomic E-state index is 15.3. The number of carbonyl (C=O) groups excluding carboxylic acids is 1. The summed E-state index contributed by atoms with van der Waals surface area (Å²) in [5.41, 5.74) is 0.257. The SMILES string of the molecule is COc1ccc(-n2ccnc(C(=O)Nc3ccc(Oc4ccnc5cc(OCCCN6CCC(C)CC6)c(OC)cc45)c(F)c3)c2=O)cc1. The monoisotopic (exact) mass is 667 g/mol. The zero-order valence-corrected chi connectivity index (χ0v) is 27.6. The average molecular weight is 668 g/mol. The number of piperidine rings is 1. The summed E-state index contributed by atoms with van der Waals surface area (Å²) in [5, 5.41) is 3.15. The first-order valence-corrected chi connectivity index (χ1v) is 16.2. The Hall–Kier alpha value is -5.49. The van der Waals surface area contributed by atoms with Crippen LogP contribution in [0.25, 0.3) is 16.6 Å². The first-order chi connectivity index (χ1) is 23.8. The summed E-state index contributed by atoms with van der Waals surface area (Å²) in [7, 11) is 3.10. The van der Waals surface area contributed by atoms with Crippen LogP contribution in [-0.4, -0.2) is 65.8 Å². The molecule has 5 aromatic rings. The molecular weight excluding hydrogens is 629 g/mol. The van der Waals surface area contributed by atoms with Gasteiger partial charge in [0, 0.05) is 54.0 Å². The number of likely N-dealkylation sites (tertiary alicyclic amines) is 1. The van der Waals surface area contributed by atoms with Crippen molar-refractivity contribution in [1.82, 2.24) is 19.4 Å². The van der Waals surface area contributed by atoms with Gasteiger partial charge in [-0.3, -0.25) is 19.1 Å². The molecule has 1 N–H and O–H groups in total. The van der Waals surface area contributed by atoms with Gasteiger partial charge in [0.15, 0.2) is 28.8 Å². The van der Waals surface area contributed by atoms with Gasteiger partial charge in [-0.2, -0.15) is 0 Å². The molecule has 12 heteroatoms. The summed E-state index contributed by atoms with van der Waals surface area (Å²) in [4.78, 5) is 37.0. The van der Waals surface area contributed by atoms with E-state index in [2.05, 4.69) is 27.1 Å². The smallest absolute Gasteiger partial charge is 0.286 e. The lowest BCUT2D eigenvalue weighted by Crippen LogP contribution is -2.34. The number of anilines is 1. The van der Waals surface area contributed by atoms with E-state index in [9.17, 15) is 9.59 Å². The van der Waals surface area contributed by atoms with Crippen molar-refractivity contribution < 1.29 is 28.1 Å². The molecule has 1 aliphatic heterocycles. The van der Waals surface area contributed by atoms with E-state index in [1.807, 2.05) is 0 Å². The second-order valence-electron chi connectivity index (χ2n) is 11.9. The highest BCUT2D eigenvalue weighted by molar-refractivity contribution is 6.02. The van der Waals surface area contributed by atoms with Crippen molar-refractivity contribution in [3.63, 3.8) is 0 Å². The van der Waals surface area contributed by atoms with Crippen LogP contribution >= 0.6 is 0 Å². The fourth-order valence-electron chi connectivity index (χ4n) is 5.73. The highest BCUT2D eigenvalue weighted by atomic mass is 19.1. The van der Waals surface area contributed by atoms with E-state index in [-0.39, 0.29) is 17.1 Å². The molecular formula is C37H38FN5O6. The number of rotatable bonds is 12. The van der Waals surface area contributed by atoms with Gasteiger partial charge >= 0.3 is 0 Å². The van der Waals surface area contributed by atoms with Crippen molar-refractivity contribution in [2.24, 2.45) is 5.92 Å². The van der Waals surface area contributed by atoms with Crippen LogP contribution in [0.5, 0.6) is 28.7 Å². The molecule has 1 aliphatic rings. The fourth-order valence-corrected chi connectivity index (χ4v) is 5.73. The van der Waals surface area contributed by atoms with E-state index in [1.54, 1.807) is 62.9 Å². The molecule has 3 aromatic carbocycles. The molecule has 1 amide bonds. The number of benzene rings is 3. The van der Waals surface area contributed by atoms with Gasteiger partial charge < -0.3 is 29.2 Å². The first-order valence-electron chi connectivity index (χ1n) is 16.2. The Morgan fingerprint density at radius 1 is 0.918 bits per heavy atom. The molecule has 0 atom stereocenters. The number of hydrogen-bond acceptors (Lipinski definition) is 9. The van der Waals surface area contributed by atoms with Crippen molar-refractivity contribution >= 4 is 22.5 Å². The number of halogens is 1. The van der Waals surface area contributed by atoms with E-state index in [0.29, 0.717) is 46.2 Å². The zero-order valence-electron chi connectivity index (χ0n) is 27.6. The molecule has 0 radical (unpaired) electrons. The van der Waals surface area contributed by atoms with E-state index < -0.39 is 17.3 Å². The zero-order chi connectivity index (χ0) is 34.3. The number of fused-ring (bicyclic) bond motifs is 1. The molecule has 6 rings (SSSR count). The quantitative estimate of drug-likeness (QED) is 0.149. The average Bonchev–Trinajstić information content (AvgIpc) is 3.12. The number of ether oxygens (including phenoxy) is 4. The summed E-state index contributed by atoms with van der Waals surface area (Å²) >= 11 is 0. The van der Waals surface area contributed by atoms with E-state index >= 15 is 4.39 Å². The van der Waals surface area contributed by atoms with Gasteiger partial charge in [0.1, 0.15) is 11.5 Å². The third-order valence-electron chi connectivity index (χ3n) is 8.56. The maximum atomic E-state index is 15.3. The number of hydrogen-bond donors (Lipinski definition) is 1. The van der Waals surface area contributed by atoms with Crippen LogP contribution in [-0.2, 0) is 0 Å². The predicted octanol–water partition coefficient (Wildman–Crippen LogP) is 6.48. The second-order valence-corrected chi connectivity index (χ2v) is 11.9. The maximum Gasteiger partial charge on any atom is 0.286 e. The standard InChI is InChI=1S/C37H38FN5O6/c1-24-12-17-42(18-13-24)16-4-20-48-34-23-30-28(22-33(34)47-3)31(11-14-39-30)49-32-10-5-25(21-29(32)38)41-36(44)35-37(45)43(19-15-40-35)26-6-8-27(46-2)9-7-26/h5-11,14-15,19,21-24H,4,12-13,16-18,20H2,1-3H3,(H,41,44). The van der Waals surface area contributed by atoms with Crippen molar-refractivity contribution in [2.75, 3.05) is 45.8 Å². The Labute approximate surface area is 283 Å². The predicted molar refractivity (Wildman–Crippen MR) is 184 cm³/mol. The highest BCUT2D eigenvalue weighted by Gasteiger charge is 2.19. The highest BCUT2D eigenvalue weighted by Crippen LogP contribution is 2.38. The van der Waals surface area contributed by atoms with E-state index in [0.717, 1.165) is 38.0 Å². The minimum Gasteiger partial charge on any atom is -0.497 e. The molecule has 0 unspecified atom stereocenters. The molecule has 0 saturated carbocycles. The van der Waals surface area contributed by atoms with Gasteiger partial charge in [-0.05, 0) is 86.8 Å². The van der Waals surface area contributed by atoms with Gasteiger partial charge in [-0.15, -0.1) is 0 Å². The van der Waals surface area contributed by atoms with Crippen molar-refractivity contribution in [2.45, 2.75) is 26.2 Å². The van der Waals surface area contributed by atoms with Gasteiger partial charge in [0.2, 0.25) is 0 Å². The van der Waals surface area contributed by atoms with Gasteiger partial charge in [-0.1, -0.05) is 6.92 Å². The van der Waals surface area contributed by atoms with Crippen molar-refractivity contribution in [1.29, 1.82) is 0 Å². The third-order valence-corrected chi connectivity index (χ3v) is 8.56. The molecule has 0 aliphatic carbocycles. The molecule has 1 fully saturated rings. The molecule has 49 heavy (non-hydrogen) atoms. The Bertz CT molecular complexity index is 1990. The fraction of sp³-hybridized carbons (Fsp3) is 0.297. The largest absolute Gasteiger partial charge is 0.497 e. The van der Waals surface area contributed by atoms with E-state index in [4.69, 9.17) is 18.9 Å². The van der Waals surface area contributed by atoms with Crippen LogP contribution < -0.4 is 29.8 Å². The Morgan fingerprint density at radius 3 is 2.45 bits per heavy atom. The van der Waals surface area contributed by atoms with Crippen LogP contribution in [0.1, 0.15) is 36.7 Å². The van der Waals surface area contributed by atoms with Gasteiger partial charge in [0.05, 0.1) is 26.3 Å². The molecule has 0 spiro atoms. The van der Waals surface area contributed by atoms with Crippen LogP contribution in [0, 0.1) is 11.7 Å². The number of nitrogens with one attached hydrogen (secondary N) is 1. The summed E-state index contributed by atoms with van der Waals surface area (Å²) in [6.45, 7) is 6.09. The number of amides is 1. The Kier molecular flexibility index (Phi) is 10.3. The van der Waals surface area contributed by atoms with Crippen molar-refractivity contribution in [3.8, 4) is 34.4 Å². The number of aromatic nitrogens is 3. The summed E-state index contributed by atoms with van der Waals surface area (Å²) in [6, 6.07) is 15.9. The lowest BCUT2D eigenvalue weighted by molar-refractivity contribution is 0.102. The summed E-state index contributed by atoms with van der Waals surface area (Å²) in [6.07, 6.45) is 7.74. The molecule has 2 aromatic heterocycles. The minimum atomic E-state index is -0.785. The number of nitrogens with zero attached hydrogens (tertiary/aromatic N) is 4. The summed E-state index contributed by atoms with van der Waals surface area (Å²) in [5.74, 6) is 1.28. The molecule has 0 bridgehead atoms. The van der Waals surface area contributed by atoms with Crippen LogP contribution in [0.2, 0.25) is 0 Å². The second kappa shape index (κ2) is 15.2. The normalized spacial score (nSPS) is 13.6. The topological polar surface area (TPSA) is 117 Å². The molecule has 3 heterocycles. The molecule has 1 saturated heterocycles. The van der Waals surface area contributed by atoms with Gasteiger partial charge in [-0.25, -0.2) is 9.37 Å². The third kappa shape index (κ3) is 7.81. The number of methoxy groups -OCH3 is 2. The van der Waals surface area contributed by atoms with E-state index in [1.165, 1.54) is 41.9 Å². The van der Waals surface area contributed by atoms with Crippen LogP contribution in [0.3, 0.4) is 0 Å². The van der Waals surface area contributed by atoms with Crippen LogP contribution in [0.15, 0.2) is 84.0 Å².